The van der Waals surface area contributed by atoms with Crippen LogP contribution in [0.3, 0.4) is 0 Å². The van der Waals surface area contributed by atoms with E-state index in [1.165, 1.54) is 19.1 Å². The third kappa shape index (κ3) is 4.00. The third-order valence-electron chi connectivity index (χ3n) is 2.88. The van der Waals surface area contributed by atoms with Crippen molar-refractivity contribution in [1.82, 2.24) is 0 Å². The fraction of sp³-hybridized carbons (Fsp3) is 0.417. The molecule has 0 saturated carbocycles. The van der Waals surface area contributed by atoms with Gasteiger partial charge in [0.05, 0.1) is 11.0 Å². The molecule has 0 radical (unpaired) electrons. The highest BCUT2D eigenvalue weighted by Gasteiger charge is 2.22. The molecule has 106 valence electrons. The molecule has 0 saturated heterocycles. The molecular formula is C12H17FN2O3S. The number of rotatable bonds is 6. The zero-order valence-corrected chi connectivity index (χ0v) is 11.4. The maximum Gasteiger partial charge on any atom is 0.248 e. The number of amides is 1. The molecule has 0 fully saturated rings. The van der Waals surface area contributed by atoms with Crippen molar-refractivity contribution in [2.75, 3.05) is 6.54 Å². The molecule has 0 bridgehead atoms. The molecule has 5 nitrogen and oxygen atoms in total. The zero-order valence-electron chi connectivity index (χ0n) is 10.6. The number of halogens is 1. The predicted octanol–water partition coefficient (Wildman–Crippen LogP) is 0.577. The molecule has 1 aromatic rings. The topological polar surface area (TPSA) is 103 Å². The average Bonchev–Trinajstić information content (AvgIpc) is 2.31. The fourth-order valence-corrected chi connectivity index (χ4v) is 3.04. The van der Waals surface area contributed by atoms with Gasteiger partial charge in [-0.25, -0.2) is 12.8 Å². The quantitative estimate of drug-likeness (QED) is 0.799. The maximum atomic E-state index is 13.7. The molecule has 1 rings (SSSR count). The number of hydrogen-bond donors (Lipinski definition) is 2. The standard InChI is InChI=1S/C12H17FN2O3S/c1-8(4-5-14)19(17,18)7-10-3-2-9(12(15)16)6-11(10)13/h2-3,6,8H,4-5,7,14H2,1H3,(H2,15,16). The molecule has 1 aromatic carbocycles. The van der Waals surface area contributed by atoms with Crippen LogP contribution in [0.25, 0.3) is 0 Å². The van der Waals surface area contributed by atoms with Crippen molar-refractivity contribution < 1.29 is 17.6 Å². The summed E-state index contributed by atoms with van der Waals surface area (Å²) in [6.07, 6.45) is 0.323. The predicted molar refractivity (Wildman–Crippen MR) is 70.7 cm³/mol. The van der Waals surface area contributed by atoms with Gasteiger partial charge in [0.15, 0.2) is 9.84 Å². The van der Waals surface area contributed by atoms with Crippen LogP contribution in [0.4, 0.5) is 4.39 Å². The van der Waals surface area contributed by atoms with Gasteiger partial charge in [-0.3, -0.25) is 4.79 Å². The van der Waals surface area contributed by atoms with Crippen LogP contribution in [-0.4, -0.2) is 26.1 Å². The third-order valence-corrected chi connectivity index (χ3v) is 5.06. The molecule has 0 aliphatic heterocycles. The van der Waals surface area contributed by atoms with Gasteiger partial charge in [-0.2, -0.15) is 0 Å². The Morgan fingerprint density at radius 2 is 2.05 bits per heavy atom. The molecule has 1 atom stereocenters. The number of carbonyl (C=O) groups is 1. The van der Waals surface area contributed by atoms with Crippen LogP contribution in [0.1, 0.15) is 29.3 Å². The normalized spacial score (nSPS) is 13.2. The summed E-state index contributed by atoms with van der Waals surface area (Å²) in [4.78, 5) is 10.9. The summed E-state index contributed by atoms with van der Waals surface area (Å²) in [6, 6.07) is 3.52. The van der Waals surface area contributed by atoms with Gasteiger partial charge >= 0.3 is 0 Å². The lowest BCUT2D eigenvalue weighted by atomic mass is 10.1. The molecule has 4 N–H and O–H groups in total. The van der Waals surface area contributed by atoms with E-state index in [2.05, 4.69) is 0 Å². The van der Waals surface area contributed by atoms with Gasteiger partial charge in [0.1, 0.15) is 5.82 Å². The maximum absolute atomic E-state index is 13.7. The summed E-state index contributed by atoms with van der Waals surface area (Å²) in [7, 11) is -3.47. The summed E-state index contributed by atoms with van der Waals surface area (Å²) in [5, 5.41) is -0.632. The second-order valence-electron chi connectivity index (χ2n) is 4.37. The van der Waals surface area contributed by atoms with Gasteiger partial charge < -0.3 is 11.5 Å². The second-order valence-corrected chi connectivity index (χ2v) is 6.78. The van der Waals surface area contributed by atoms with Crippen molar-refractivity contribution in [3.63, 3.8) is 0 Å². The second kappa shape index (κ2) is 6.12. The van der Waals surface area contributed by atoms with E-state index in [9.17, 15) is 17.6 Å². The van der Waals surface area contributed by atoms with E-state index in [-0.39, 0.29) is 17.7 Å². The lowest BCUT2D eigenvalue weighted by Crippen LogP contribution is -2.23. The van der Waals surface area contributed by atoms with Crippen molar-refractivity contribution in [2.24, 2.45) is 11.5 Å². The van der Waals surface area contributed by atoms with Gasteiger partial charge in [-0.05, 0) is 32.0 Å². The molecule has 0 heterocycles. The lowest BCUT2D eigenvalue weighted by Gasteiger charge is -2.12. The highest BCUT2D eigenvalue weighted by molar-refractivity contribution is 7.91. The Morgan fingerprint density at radius 1 is 1.42 bits per heavy atom. The SMILES string of the molecule is CC(CCN)S(=O)(=O)Cc1ccc(C(N)=O)cc1F. The van der Waals surface area contributed by atoms with Crippen LogP contribution >= 0.6 is 0 Å². The van der Waals surface area contributed by atoms with Crippen molar-refractivity contribution in [1.29, 1.82) is 0 Å². The first-order valence-electron chi connectivity index (χ1n) is 5.77. The van der Waals surface area contributed by atoms with Gasteiger partial charge in [0, 0.05) is 11.1 Å². The number of sulfone groups is 1. The van der Waals surface area contributed by atoms with Crippen LogP contribution in [0.2, 0.25) is 0 Å². The van der Waals surface area contributed by atoms with Crippen molar-refractivity contribution in [3.05, 3.63) is 35.1 Å². The molecule has 19 heavy (non-hydrogen) atoms. The molecule has 0 aliphatic rings. The van der Waals surface area contributed by atoms with Crippen molar-refractivity contribution in [3.8, 4) is 0 Å². The first-order valence-corrected chi connectivity index (χ1v) is 7.49. The molecular weight excluding hydrogens is 271 g/mol. The smallest absolute Gasteiger partial charge is 0.248 e. The Labute approximate surface area is 111 Å². The molecule has 1 unspecified atom stereocenters. The first-order chi connectivity index (χ1) is 8.77. The van der Waals surface area contributed by atoms with Gasteiger partial charge in [0.25, 0.3) is 0 Å². The van der Waals surface area contributed by atoms with E-state index in [0.717, 1.165) is 6.07 Å². The number of hydrogen-bond acceptors (Lipinski definition) is 4. The minimum Gasteiger partial charge on any atom is -0.366 e. The van der Waals surface area contributed by atoms with Gasteiger partial charge in [0.2, 0.25) is 5.91 Å². The lowest BCUT2D eigenvalue weighted by molar-refractivity contribution is 0.1000. The summed E-state index contributed by atoms with van der Waals surface area (Å²) >= 11 is 0. The summed E-state index contributed by atoms with van der Waals surface area (Å²) in [6.45, 7) is 1.79. The Balaban J connectivity index is 2.97. The Morgan fingerprint density at radius 3 is 2.53 bits per heavy atom. The fourth-order valence-electron chi connectivity index (χ4n) is 1.59. The van der Waals surface area contributed by atoms with E-state index in [1.54, 1.807) is 0 Å². The van der Waals surface area contributed by atoms with Crippen LogP contribution in [0.15, 0.2) is 18.2 Å². The van der Waals surface area contributed by atoms with Crippen LogP contribution in [0, 0.1) is 5.82 Å². The average molecular weight is 288 g/mol. The minimum absolute atomic E-state index is 0.00801. The number of benzene rings is 1. The van der Waals surface area contributed by atoms with E-state index >= 15 is 0 Å². The largest absolute Gasteiger partial charge is 0.366 e. The number of primary amides is 1. The number of nitrogens with two attached hydrogens (primary N) is 2. The van der Waals surface area contributed by atoms with E-state index in [4.69, 9.17) is 11.5 Å². The molecule has 0 aromatic heterocycles. The summed E-state index contributed by atoms with van der Waals surface area (Å²) in [5.74, 6) is -1.93. The molecule has 0 spiro atoms. The highest BCUT2D eigenvalue weighted by Crippen LogP contribution is 2.17. The van der Waals surface area contributed by atoms with E-state index in [0.29, 0.717) is 6.42 Å². The van der Waals surface area contributed by atoms with Crippen molar-refractivity contribution >= 4 is 15.7 Å². The molecule has 0 aliphatic carbocycles. The van der Waals surface area contributed by atoms with Gasteiger partial charge in [-0.15, -0.1) is 0 Å². The molecule has 7 heteroatoms. The summed E-state index contributed by atoms with van der Waals surface area (Å²) < 4.78 is 37.6. The van der Waals surface area contributed by atoms with Crippen LogP contribution < -0.4 is 11.5 Å². The Kier molecular flexibility index (Phi) is 5.02. The Bertz CT molecular complexity index is 572. The zero-order chi connectivity index (χ0) is 14.6. The summed E-state index contributed by atoms with van der Waals surface area (Å²) in [5.41, 5.74) is 10.4. The Hall–Kier alpha value is -1.47. The highest BCUT2D eigenvalue weighted by atomic mass is 32.2. The minimum atomic E-state index is -3.47. The van der Waals surface area contributed by atoms with Crippen LogP contribution in [0.5, 0.6) is 0 Å². The monoisotopic (exact) mass is 288 g/mol. The van der Waals surface area contributed by atoms with E-state index < -0.39 is 32.6 Å². The van der Waals surface area contributed by atoms with E-state index in [1.807, 2.05) is 0 Å². The number of carbonyl (C=O) groups excluding carboxylic acids is 1. The molecule has 1 amide bonds. The van der Waals surface area contributed by atoms with Crippen molar-refractivity contribution in [2.45, 2.75) is 24.3 Å². The van der Waals surface area contributed by atoms with Crippen LogP contribution in [-0.2, 0) is 15.6 Å². The van der Waals surface area contributed by atoms with Gasteiger partial charge in [-0.1, -0.05) is 6.07 Å². The first kappa shape index (κ1) is 15.6.